The largest absolute Gasteiger partial charge is 0.344 e. The predicted octanol–water partition coefficient (Wildman–Crippen LogP) is 2.17. The van der Waals surface area contributed by atoms with Crippen LogP contribution < -0.4 is 5.32 Å². The minimum Gasteiger partial charge on any atom is -0.344 e. The zero-order valence-corrected chi connectivity index (χ0v) is 16.6. The molecule has 144 valence electrons. The Bertz CT molecular complexity index is 580. The van der Waals surface area contributed by atoms with Gasteiger partial charge in [-0.05, 0) is 31.4 Å². The van der Waals surface area contributed by atoms with Crippen molar-refractivity contribution in [1.29, 1.82) is 0 Å². The second-order valence-electron chi connectivity index (χ2n) is 7.91. The molecule has 5 heteroatoms. The van der Waals surface area contributed by atoms with E-state index in [1.54, 1.807) is 0 Å². The Labute approximate surface area is 157 Å². The highest BCUT2D eigenvalue weighted by atomic mass is 16.2. The number of rotatable bonds is 7. The van der Waals surface area contributed by atoms with E-state index in [2.05, 4.69) is 31.1 Å². The molecule has 1 N–H and O–H groups in total. The van der Waals surface area contributed by atoms with Crippen molar-refractivity contribution in [3.05, 3.63) is 35.9 Å². The van der Waals surface area contributed by atoms with Crippen LogP contribution in [-0.4, -0.2) is 60.9 Å². The molecule has 0 aliphatic carbocycles. The number of likely N-dealkylation sites (N-methyl/N-ethyl adjacent to an activating group) is 1. The Balaban J connectivity index is 1.97. The molecule has 0 radical (unpaired) electrons. The molecule has 1 heterocycles. The number of amides is 2. The first kappa shape index (κ1) is 20.4. The van der Waals surface area contributed by atoms with E-state index in [9.17, 15) is 9.59 Å². The Morgan fingerprint density at radius 2 is 1.65 bits per heavy atom. The highest BCUT2D eigenvalue weighted by molar-refractivity contribution is 5.88. The number of hydrogen-bond acceptors (Lipinski definition) is 3. The zero-order chi connectivity index (χ0) is 19.1. The number of nitrogens with one attached hydrogen (secondary N) is 1. The highest BCUT2D eigenvalue weighted by Gasteiger charge is 2.29. The second-order valence-corrected chi connectivity index (χ2v) is 7.91. The normalized spacial score (nSPS) is 17.8. The first-order valence-corrected chi connectivity index (χ1v) is 9.68. The fourth-order valence-electron chi connectivity index (χ4n) is 3.31. The maximum atomic E-state index is 12.9. The molecule has 2 amide bonds. The van der Waals surface area contributed by atoms with Gasteiger partial charge in [0.15, 0.2) is 0 Å². The van der Waals surface area contributed by atoms with Crippen molar-refractivity contribution in [2.45, 2.75) is 39.7 Å². The van der Waals surface area contributed by atoms with Crippen LogP contribution in [0.15, 0.2) is 30.3 Å². The Kier molecular flexibility index (Phi) is 7.64. The Morgan fingerprint density at radius 1 is 1.04 bits per heavy atom. The maximum absolute atomic E-state index is 12.9. The van der Waals surface area contributed by atoms with Gasteiger partial charge in [-0.15, -0.1) is 0 Å². The molecule has 2 rings (SSSR count). The summed E-state index contributed by atoms with van der Waals surface area (Å²) in [5.74, 6) is 0.211. The minimum atomic E-state index is -0.427. The summed E-state index contributed by atoms with van der Waals surface area (Å²) >= 11 is 0. The van der Waals surface area contributed by atoms with Crippen LogP contribution >= 0.6 is 0 Å². The van der Waals surface area contributed by atoms with Gasteiger partial charge in [0.05, 0.1) is 0 Å². The van der Waals surface area contributed by atoms with Crippen molar-refractivity contribution < 1.29 is 9.59 Å². The summed E-state index contributed by atoms with van der Waals surface area (Å²) in [6, 6.07) is 9.58. The van der Waals surface area contributed by atoms with Gasteiger partial charge in [-0.1, -0.05) is 51.1 Å². The Hall–Kier alpha value is -1.88. The average molecular weight is 360 g/mol. The third-order valence-corrected chi connectivity index (χ3v) is 4.97. The standard InChI is InChI=1S/C21H33N3O2/c1-16(2)14-19(21(26)24-12-10-23(4)11-13-24)22-20(25)17(3)15-18-8-6-5-7-9-18/h5-9,16-17,19H,10-15H2,1-4H3,(H,22,25)/t17?,19-/m0/s1. The van der Waals surface area contributed by atoms with Crippen molar-refractivity contribution in [3.63, 3.8) is 0 Å². The number of hydrogen-bond donors (Lipinski definition) is 1. The summed E-state index contributed by atoms with van der Waals surface area (Å²) in [4.78, 5) is 29.8. The van der Waals surface area contributed by atoms with Crippen molar-refractivity contribution >= 4 is 11.8 Å². The van der Waals surface area contributed by atoms with E-state index < -0.39 is 6.04 Å². The fraction of sp³-hybridized carbons (Fsp3) is 0.619. The third kappa shape index (κ3) is 6.13. The van der Waals surface area contributed by atoms with Gasteiger partial charge in [-0.2, -0.15) is 0 Å². The van der Waals surface area contributed by atoms with Crippen molar-refractivity contribution in [2.75, 3.05) is 33.2 Å². The van der Waals surface area contributed by atoms with Gasteiger partial charge in [-0.3, -0.25) is 9.59 Å². The molecule has 0 bridgehead atoms. The van der Waals surface area contributed by atoms with E-state index in [1.807, 2.05) is 42.2 Å². The van der Waals surface area contributed by atoms with Gasteiger partial charge in [-0.25, -0.2) is 0 Å². The highest BCUT2D eigenvalue weighted by Crippen LogP contribution is 2.13. The van der Waals surface area contributed by atoms with E-state index in [0.29, 0.717) is 18.8 Å². The van der Waals surface area contributed by atoms with Gasteiger partial charge >= 0.3 is 0 Å². The van der Waals surface area contributed by atoms with Crippen LogP contribution in [-0.2, 0) is 16.0 Å². The smallest absolute Gasteiger partial charge is 0.245 e. The number of piperazine rings is 1. The summed E-state index contributed by atoms with van der Waals surface area (Å²) in [5, 5.41) is 3.03. The molecule has 1 aromatic carbocycles. The molecule has 5 nitrogen and oxygen atoms in total. The summed E-state index contributed by atoms with van der Waals surface area (Å²) in [7, 11) is 2.07. The van der Waals surface area contributed by atoms with Crippen molar-refractivity contribution in [2.24, 2.45) is 11.8 Å². The summed E-state index contributed by atoms with van der Waals surface area (Å²) in [6.45, 7) is 9.35. The van der Waals surface area contributed by atoms with Crippen LogP contribution in [0.1, 0.15) is 32.8 Å². The van der Waals surface area contributed by atoms with Crippen molar-refractivity contribution in [1.82, 2.24) is 15.1 Å². The lowest BCUT2D eigenvalue weighted by molar-refractivity contribution is -0.139. The molecule has 2 atom stereocenters. The molecular formula is C21H33N3O2. The monoisotopic (exact) mass is 359 g/mol. The Morgan fingerprint density at radius 3 is 2.23 bits per heavy atom. The molecule has 26 heavy (non-hydrogen) atoms. The van der Waals surface area contributed by atoms with Gasteiger partial charge < -0.3 is 15.1 Å². The predicted molar refractivity (Wildman–Crippen MR) is 105 cm³/mol. The minimum absolute atomic E-state index is 0.0398. The lowest BCUT2D eigenvalue weighted by Crippen LogP contribution is -2.55. The van der Waals surface area contributed by atoms with E-state index in [1.165, 1.54) is 0 Å². The van der Waals surface area contributed by atoms with Crippen LogP contribution in [0, 0.1) is 11.8 Å². The molecule has 1 aromatic rings. The molecule has 1 aliphatic rings. The number of nitrogens with zero attached hydrogens (tertiary/aromatic N) is 2. The molecule has 0 spiro atoms. The number of carbonyl (C=O) groups is 2. The molecule has 1 aliphatic heterocycles. The molecule has 0 saturated carbocycles. The number of carbonyl (C=O) groups excluding carboxylic acids is 2. The molecule has 1 fully saturated rings. The van der Waals surface area contributed by atoms with Crippen LogP contribution in [0.5, 0.6) is 0 Å². The first-order valence-electron chi connectivity index (χ1n) is 9.68. The lowest BCUT2D eigenvalue weighted by atomic mass is 9.98. The second kappa shape index (κ2) is 9.72. The first-order chi connectivity index (χ1) is 12.4. The van der Waals surface area contributed by atoms with E-state index in [4.69, 9.17) is 0 Å². The fourth-order valence-corrected chi connectivity index (χ4v) is 3.31. The van der Waals surface area contributed by atoms with E-state index in [0.717, 1.165) is 31.7 Å². The van der Waals surface area contributed by atoms with Gasteiger partial charge in [0.2, 0.25) is 11.8 Å². The molecule has 1 unspecified atom stereocenters. The van der Waals surface area contributed by atoms with Crippen LogP contribution in [0.3, 0.4) is 0 Å². The van der Waals surface area contributed by atoms with Gasteiger partial charge in [0.1, 0.15) is 6.04 Å². The van der Waals surface area contributed by atoms with Crippen molar-refractivity contribution in [3.8, 4) is 0 Å². The topological polar surface area (TPSA) is 52.7 Å². The summed E-state index contributed by atoms with van der Waals surface area (Å²) in [6.07, 6.45) is 1.36. The molecule has 1 saturated heterocycles. The van der Waals surface area contributed by atoms with Crippen LogP contribution in [0.25, 0.3) is 0 Å². The molecular weight excluding hydrogens is 326 g/mol. The van der Waals surface area contributed by atoms with E-state index >= 15 is 0 Å². The van der Waals surface area contributed by atoms with Gasteiger partial charge in [0, 0.05) is 32.1 Å². The quantitative estimate of drug-likeness (QED) is 0.812. The van der Waals surface area contributed by atoms with Crippen LogP contribution in [0.2, 0.25) is 0 Å². The van der Waals surface area contributed by atoms with Gasteiger partial charge in [0.25, 0.3) is 0 Å². The third-order valence-electron chi connectivity index (χ3n) is 4.97. The van der Waals surface area contributed by atoms with Crippen LogP contribution in [0.4, 0.5) is 0 Å². The average Bonchev–Trinajstić information content (AvgIpc) is 2.61. The summed E-state index contributed by atoms with van der Waals surface area (Å²) < 4.78 is 0. The summed E-state index contributed by atoms with van der Waals surface area (Å²) in [5.41, 5.74) is 1.14. The maximum Gasteiger partial charge on any atom is 0.245 e. The van der Waals surface area contributed by atoms with E-state index in [-0.39, 0.29) is 17.7 Å². The molecule has 0 aromatic heterocycles. The lowest BCUT2D eigenvalue weighted by Gasteiger charge is -2.35. The SMILES string of the molecule is CC(C)C[C@H](NC(=O)C(C)Cc1ccccc1)C(=O)N1CCN(C)CC1. The zero-order valence-electron chi connectivity index (χ0n) is 16.6. The number of benzene rings is 1.